The quantitative estimate of drug-likeness (QED) is 0.850. The van der Waals surface area contributed by atoms with E-state index in [4.69, 9.17) is 0 Å². The molecule has 0 spiro atoms. The van der Waals surface area contributed by atoms with E-state index >= 15 is 0 Å². The van der Waals surface area contributed by atoms with Crippen molar-refractivity contribution in [3.05, 3.63) is 29.8 Å². The molecule has 3 nitrogen and oxygen atoms in total. The molecule has 0 aromatic heterocycles. The Morgan fingerprint density at radius 2 is 1.70 bits per heavy atom. The molecule has 0 amide bonds. The van der Waals surface area contributed by atoms with Gasteiger partial charge in [-0.3, -0.25) is 5.32 Å². The van der Waals surface area contributed by atoms with Crippen LogP contribution in [-0.2, 0) is 0 Å². The molecule has 2 rings (SSSR count). The van der Waals surface area contributed by atoms with Crippen LogP contribution in [0.4, 0.5) is 5.69 Å². The van der Waals surface area contributed by atoms with Gasteiger partial charge in [0.1, 0.15) is 6.04 Å². The van der Waals surface area contributed by atoms with Crippen molar-refractivity contribution in [1.29, 1.82) is 5.26 Å². The van der Waals surface area contributed by atoms with Gasteiger partial charge in [-0.05, 0) is 30.5 Å². The van der Waals surface area contributed by atoms with Crippen LogP contribution in [0.2, 0.25) is 0 Å². The van der Waals surface area contributed by atoms with Gasteiger partial charge in [-0.1, -0.05) is 37.8 Å². The van der Waals surface area contributed by atoms with E-state index in [0.29, 0.717) is 6.04 Å². The van der Waals surface area contributed by atoms with Crippen LogP contribution < -0.4 is 10.2 Å². The second kappa shape index (κ2) is 7.31. The fourth-order valence-corrected chi connectivity index (χ4v) is 2.85. The van der Waals surface area contributed by atoms with Gasteiger partial charge in [0.15, 0.2) is 0 Å². The van der Waals surface area contributed by atoms with Crippen LogP contribution >= 0.6 is 0 Å². The maximum absolute atomic E-state index is 9.44. The second-order valence-corrected chi connectivity index (χ2v) is 5.90. The number of anilines is 1. The zero-order valence-electron chi connectivity index (χ0n) is 12.6. The van der Waals surface area contributed by atoms with E-state index in [1.807, 2.05) is 14.1 Å². The molecular formula is C17H25N3. The van der Waals surface area contributed by atoms with Gasteiger partial charge in [-0.2, -0.15) is 5.26 Å². The van der Waals surface area contributed by atoms with Crippen molar-refractivity contribution in [2.45, 2.75) is 50.6 Å². The summed E-state index contributed by atoms with van der Waals surface area (Å²) in [6.45, 7) is 0. The van der Waals surface area contributed by atoms with Crippen LogP contribution in [0.15, 0.2) is 24.3 Å². The fraction of sp³-hybridized carbons (Fsp3) is 0.588. The molecule has 1 fully saturated rings. The monoisotopic (exact) mass is 271 g/mol. The summed E-state index contributed by atoms with van der Waals surface area (Å²) in [6, 6.07) is 11.0. The highest BCUT2D eigenvalue weighted by Crippen LogP contribution is 2.22. The van der Waals surface area contributed by atoms with E-state index in [0.717, 1.165) is 5.56 Å². The summed E-state index contributed by atoms with van der Waals surface area (Å²) >= 11 is 0. The van der Waals surface area contributed by atoms with Crippen LogP contribution in [0.3, 0.4) is 0 Å². The minimum Gasteiger partial charge on any atom is -0.378 e. The van der Waals surface area contributed by atoms with Crippen LogP contribution in [0.25, 0.3) is 0 Å². The molecule has 0 saturated heterocycles. The van der Waals surface area contributed by atoms with Gasteiger partial charge in [0.2, 0.25) is 0 Å². The summed E-state index contributed by atoms with van der Waals surface area (Å²) < 4.78 is 0. The molecule has 0 aliphatic heterocycles. The second-order valence-electron chi connectivity index (χ2n) is 5.90. The SMILES string of the molecule is CN(C)c1ccc(C(C#N)NC2CCCCCC2)cc1. The number of nitriles is 1. The number of nitrogens with zero attached hydrogens (tertiary/aromatic N) is 2. The zero-order valence-corrected chi connectivity index (χ0v) is 12.6. The smallest absolute Gasteiger partial charge is 0.121 e. The van der Waals surface area contributed by atoms with E-state index in [2.05, 4.69) is 40.6 Å². The van der Waals surface area contributed by atoms with Gasteiger partial charge in [0.05, 0.1) is 6.07 Å². The lowest BCUT2D eigenvalue weighted by atomic mass is 10.0. The highest BCUT2D eigenvalue weighted by molar-refractivity contribution is 5.47. The Hall–Kier alpha value is -1.53. The topological polar surface area (TPSA) is 39.1 Å². The maximum Gasteiger partial charge on any atom is 0.121 e. The summed E-state index contributed by atoms with van der Waals surface area (Å²) in [6.07, 6.45) is 7.66. The van der Waals surface area contributed by atoms with E-state index in [9.17, 15) is 5.26 Å². The van der Waals surface area contributed by atoms with Crippen molar-refractivity contribution in [2.75, 3.05) is 19.0 Å². The first-order chi connectivity index (χ1) is 9.70. The molecule has 0 heterocycles. The van der Waals surface area contributed by atoms with Crippen LogP contribution in [0.5, 0.6) is 0 Å². The Morgan fingerprint density at radius 3 is 2.20 bits per heavy atom. The number of hydrogen-bond acceptors (Lipinski definition) is 3. The minimum atomic E-state index is -0.186. The molecule has 1 aliphatic carbocycles. The highest BCUT2D eigenvalue weighted by Gasteiger charge is 2.18. The molecule has 1 atom stereocenters. The lowest BCUT2D eigenvalue weighted by molar-refractivity contribution is 0.436. The van der Waals surface area contributed by atoms with Gasteiger partial charge in [0.25, 0.3) is 0 Å². The summed E-state index contributed by atoms with van der Waals surface area (Å²) in [5, 5.41) is 13.0. The largest absolute Gasteiger partial charge is 0.378 e. The zero-order chi connectivity index (χ0) is 14.4. The Morgan fingerprint density at radius 1 is 1.10 bits per heavy atom. The third-order valence-electron chi connectivity index (χ3n) is 4.13. The van der Waals surface area contributed by atoms with E-state index < -0.39 is 0 Å². The molecule has 1 saturated carbocycles. The van der Waals surface area contributed by atoms with Gasteiger partial charge < -0.3 is 4.90 Å². The first-order valence-corrected chi connectivity index (χ1v) is 7.63. The number of nitrogens with one attached hydrogen (secondary N) is 1. The molecule has 0 radical (unpaired) electrons. The van der Waals surface area contributed by atoms with E-state index in [1.165, 1.54) is 44.2 Å². The first-order valence-electron chi connectivity index (χ1n) is 7.63. The van der Waals surface area contributed by atoms with Crippen molar-refractivity contribution in [3.63, 3.8) is 0 Å². The molecular weight excluding hydrogens is 246 g/mol. The summed E-state index contributed by atoms with van der Waals surface area (Å²) in [7, 11) is 4.06. The van der Waals surface area contributed by atoms with Crippen LogP contribution in [0, 0.1) is 11.3 Å². The average Bonchev–Trinajstić information content (AvgIpc) is 2.73. The highest BCUT2D eigenvalue weighted by atomic mass is 15.1. The molecule has 3 heteroatoms. The standard InChI is InChI=1S/C17H25N3/c1-20(2)16-11-9-14(10-12-16)17(13-18)19-15-7-5-3-4-6-8-15/h9-12,15,17,19H,3-8H2,1-2H3. The lowest BCUT2D eigenvalue weighted by Gasteiger charge is -2.21. The fourth-order valence-electron chi connectivity index (χ4n) is 2.85. The molecule has 1 N–H and O–H groups in total. The van der Waals surface area contributed by atoms with Crippen molar-refractivity contribution in [3.8, 4) is 6.07 Å². The van der Waals surface area contributed by atoms with Crippen molar-refractivity contribution < 1.29 is 0 Å². The first kappa shape index (κ1) is 14.9. The van der Waals surface area contributed by atoms with Crippen molar-refractivity contribution in [2.24, 2.45) is 0 Å². The summed E-state index contributed by atoms with van der Waals surface area (Å²) in [5.74, 6) is 0. The van der Waals surface area contributed by atoms with Gasteiger partial charge >= 0.3 is 0 Å². The molecule has 1 aromatic carbocycles. The predicted octanol–water partition coefficient (Wildman–Crippen LogP) is 3.63. The average molecular weight is 271 g/mol. The molecule has 1 aromatic rings. The number of rotatable bonds is 4. The Labute approximate surface area is 122 Å². The third-order valence-corrected chi connectivity index (χ3v) is 4.13. The third kappa shape index (κ3) is 3.98. The molecule has 1 aliphatic rings. The van der Waals surface area contributed by atoms with Gasteiger partial charge in [0, 0.05) is 25.8 Å². The van der Waals surface area contributed by atoms with Crippen LogP contribution in [0.1, 0.15) is 50.1 Å². The van der Waals surface area contributed by atoms with E-state index in [1.54, 1.807) is 0 Å². The number of benzene rings is 1. The van der Waals surface area contributed by atoms with Crippen LogP contribution in [-0.4, -0.2) is 20.1 Å². The molecule has 20 heavy (non-hydrogen) atoms. The van der Waals surface area contributed by atoms with Gasteiger partial charge in [-0.25, -0.2) is 0 Å². The normalized spacial score (nSPS) is 18.1. The minimum absolute atomic E-state index is 0.186. The lowest BCUT2D eigenvalue weighted by Crippen LogP contribution is -2.31. The maximum atomic E-state index is 9.44. The Bertz CT molecular complexity index is 436. The Balaban J connectivity index is 2.02. The van der Waals surface area contributed by atoms with Gasteiger partial charge in [-0.15, -0.1) is 0 Å². The molecule has 1 unspecified atom stereocenters. The summed E-state index contributed by atoms with van der Waals surface area (Å²) in [4.78, 5) is 2.07. The van der Waals surface area contributed by atoms with Crippen molar-refractivity contribution >= 4 is 5.69 Å². The van der Waals surface area contributed by atoms with E-state index in [-0.39, 0.29) is 6.04 Å². The number of hydrogen-bond donors (Lipinski definition) is 1. The molecule has 108 valence electrons. The predicted molar refractivity (Wildman–Crippen MR) is 83.7 cm³/mol. The van der Waals surface area contributed by atoms with Crippen molar-refractivity contribution in [1.82, 2.24) is 5.32 Å². The molecule has 0 bridgehead atoms. The Kier molecular flexibility index (Phi) is 5.43. The summed E-state index contributed by atoms with van der Waals surface area (Å²) in [5.41, 5.74) is 2.24.